The first-order valence-corrected chi connectivity index (χ1v) is 7.86. The number of hydrogen-bond donors (Lipinski definition) is 1. The number of carboxylic acid groups (broad SMARTS) is 1. The van der Waals surface area contributed by atoms with Crippen LogP contribution in [0.3, 0.4) is 0 Å². The zero-order valence-corrected chi connectivity index (χ0v) is 13.4. The van der Waals surface area contributed by atoms with Gasteiger partial charge in [0, 0.05) is 18.5 Å². The number of hydrogen-bond acceptors (Lipinski definition) is 3. The zero-order chi connectivity index (χ0) is 16.6. The van der Waals surface area contributed by atoms with E-state index in [0.717, 1.165) is 22.9 Å². The van der Waals surface area contributed by atoms with Crippen molar-refractivity contribution >= 4 is 22.8 Å². The largest absolute Gasteiger partial charge is 0.481 e. The van der Waals surface area contributed by atoms with Crippen LogP contribution in [-0.2, 0) is 4.79 Å². The Bertz CT molecular complexity index is 785. The minimum atomic E-state index is -0.827. The summed E-state index contributed by atoms with van der Waals surface area (Å²) in [6.45, 7) is 4.72. The number of fused-ring (bicyclic) bond motifs is 1. The van der Waals surface area contributed by atoms with Crippen LogP contribution in [0, 0.1) is 19.8 Å². The Morgan fingerprint density at radius 2 is 2.04 bits per heavy atom. The van der Waals surface area contributed by atoms with E-state index in [1.54, 1.807) is 4.90 Å². The smallest absolute Gasteiger partial charge is 0.308 e. The fourth-order valence-corrected chi connectivity index (χ4v) is 3.12. The molecule has 3 rings (SSSR count). The van der Waals surface area contributed by atoms with Gasteiger partial charge in [0.1, 0.15) is 0 Å². The Hall–Kier alpha value is -2.43. The van der Waals surface area contributed by atoms with Crippen molar-refractivity contribution in [3.05, 3.63) is 41.1 Å². The van der Waals surface area contributed by atoms with Crippen LogP contribution >= 0.6 is 0 Å². The second-order valence-electron chi connectivity index (χ2n) is 6.25. The first kappa shape index (κ1) is 15.5. The van der Waals surface area contributed by atoms with Gasteiger partial charge in [0.25, 0.3) is 5.91 Å². The maximum Gasteiger partial charge on any atom is 0.308 e. The topological polar surface area (TPSA) is 70.5 Å². The standard InChI is InChI=1S/C18H20N2O3/c1-11-5-6-13-9-15(12(2)19-16(13)8-11)17(21)20-7-3-4-14(10-20)18(22)23/h5-6,8-9,14H,3-4,7,10H2,1-2H3,(H,22,23). The summed E-state index contributed by atoms with van der Waals surface area (Å²) in [7, 11) is 0. The second-order valence-corrected chi connectivity index (χ2v) is 6.25. The fourth-order valence-electron chi connectivity index (χ4n) is 3.12. The Morgan fingerprint density at radius 3 is 2.78 bits per heavy atom. The molecule has 1 atom stereocenters. The van der Waals surface area contributed by atoms with Crippen molar-refractivity contribution in [2.45, 2.75) is 26.7 Å². The minimum Gasteiger partial charge on any atom is -0.481 e. The molecule has 1 N–H and O–H groups in total. The number of carbonyl (C=O) groups excluding carboxylic acids is 1. The number of carboxylic acids is 1. The summed E-state index contributed by atoms with van der Waals surface area (Å²) < 4.78 is 0. The van der Waals surface area contributed by atoms with Crippen LogP contribution in [0.5, 0.6) is 0 Å². The predicted molar refractivity (Wildman–Crippen MR) is 87.5 cm³/mol. The molecule has 2 heterocycles. The molecule has 1 aliphatic heterocycles. The molecule has 0 aliphatic carbocycles. The quantitative estimate of drug-likeness (QED) is 0.925. The molecule has 0 radical (unpaired) electrons. The highest BCUT2D eigenvalue weighted by atomic mass is 16.4. The molecule has 1 aliphatic rings. The van der Waals surface area contributed by atoms with E-state index in [2.05, 4.69) is 4.98 Å². The van der Waals surface area contributed by atoms with E-state index in [4.69, 9.17) is 0 Å². The van der Waals surface area contributed by atoms with Gasteiger partial charge in [-0.15, -0.1) is 0 Å². The molecule has 0 spiro atoms. The zero-order valence-electron chi connectivity index (χ0n) is 13.4. The lowest BCUT2D eigenvalue weighted by Gasteiger charge is -2.31. The lowest BCUT2D eigenvalue weighted by Crippen LogP contribution is -2.42. The summed E-state index contributed by atoms with van der Waals surface area (Å²) in [6, 6.07) is 7.82. The van der Waals surface area contributed by atoms with E-state index in [-0.39, 0.29) is 12.5 Å². The van der Waals surface area contributed by atoms with Gasteiger partial charge in [-0.2, -0.15) is 0 Å². The van der Waals surface area contributed by atoms with Gasteiger partial charge >= 0.3 is 5.97 Å². The Kier molecular flexibility index (Phi) is 4.03. The SMILES string of the molecule is Cc1ccc2cc(C(=O)N3CCCC(C(=O)O)C3)c(C)nc2c1. The number of piperidine rings is 1. The monoisotopic (exact) mass is 312 g/mol. The number of pyridine rings is 1. The third-order valence-electron chi connectivity index (χ3n) is 4.45. The van der Waals surface area contributed by atoms with Crippen LogP contribution < -0.4 is 0 Å². The number of carbonyl (C=O) groups is 2. The summed E-state index contributed by atoms with van der Waals surface area (Å²) >= 11 is 0. The third kappa shape index (κ3) is 3.04. The number of nitrogens with zero attached hydrogens (tertiary/aromatic N) is 2. The maximum atomic E-state index is 12.8. The first-order chi connectivity index (χ1) is 11.0. The van der Waals surface area contributed by atoms with E-state index in [1.807, 2.05) is 38.1 Å². The van der Waals surface area contributed by atoms with E-state index in [1.165, 1.54) is 0 Å². The van der Waals surface area contributed by atoms with E-state index < -0.39 is 11.9 Å². The van der Waals surface area contributed by atoms with Crippen molar-refractivity contribution in [1.29, 1.82) is 0 Å². The first-order valence-electron chi connectivity index (χ1n) is 7.86. The number of amides is 1. The van der Waals surface area contributed by atoms with Gasteiger partial charge in [-0.25, -0.2) is 0 Å². The number of likely N-dealkylation sites (tertiary alicyclic amines) is 1. The normalized spacial score (nSPS) is 18.2. The van der Waals surface area contributed by atoms with Crippen LogP contribution in [-0.4, -0.2) is 40.0 Å². The molecule has 5 nitrogen and oxygen atoms in total. The molecule has 2 aromatic rings. The molecule has 5 heteroatoms. The third-order valence-corrected chi connectivity index (χ3v) is 4.45. The average molecular weight is 312 g/mol. The van der Waals surface area contributed by atoms with Gasteiger partial charge < -0.3 is 10.0 Å². The van der Waals surface area contributed by atoms with Gasteiger partial charge in [0.2, 0.25) is 0 Å². The van der Waals surface area contributed by atoms with Gasteiger partial charge in [-0.3, -0.25) is 14.6 Å². The van der Waals surface area contributed by atoms with Crippen LogP contribution in [0.25, 0.3) is 10.9 Å². The highest BCUT2D eigenvalue weighted by Crippen LogP contribution is 2.22. The molecule has 1 unspecified atom stereocenters. The highest BCUT2D eigenvalue weighted by Gasteiger charge is 2.29. The van der Waals surface area contributed by atoms with Crippen molar-refractivity contribution in [3.63, 3.8) is 0 Å². The molecule has 1 saturated heterocycles. The summed E-state index contributed by atoms with van der Waals surface area (Å²) in [5.41, 5.74) is 3.25. The number of aromatic nitrogens is 1. The maximum absolute atomic E-state index is 12.8. The van der Waals surface area contributed by atoms with Gasteiger partial charge in [-0.1, -0.05) is 12.1 Å². The van der Waals surface area contributed by atoms with E-state index in [0.29, 0.717) is 24.2 Å². The van der Waals surface area contributed by atoms with E-state index >= 15 is 0 Å². The molecule has 0 saturated carbocycles. The minimum absolute atomic E-state index is 0.122. The average Bonchev–Trinajstić information content (AvgIpc) is 2.53. The lowest BCUT2D eigenvalue weighted by atomic mass is 9.97. The van der Waals surface area contributed by atoms with Gasteiger partial charge in [0.15, 0.2) is 0 Å². The lowest BCUT2D eigenvalue weighted by molar-refractivity contribution is -0.143. The number of aryl methyl sites for hydroxylation is 2. The van der Waals surface area contributed by atoms with Gasteiger partial charge in [-0.05, 0) is 44.4 Å². The molecule has 1 fully saturated rings. The summed E-state index contributed by atoms with van der Waals surface area (Å²) in [6.07, 6.45) is 1.36. The summed E-state index contributed by atoms with van der Waals surface area (Å²) in [5.74, 6) is -1.42. The molecule has 1 aromatic heterocycles. The Morgan fingerprint density at radius 1 is 1.26 bits per heavy atom. The number of rotatable bonds is 2. The fraction of sp³-hybridized carbons (Fsp3) is 0.389. The molecule has 1 aromatic carbocycles. The highest BCUT2D eigenvalue weighted by molar-refractivity contribution is 5.99. The molecule has 120 valence electrons. The van der Waals surface area contributed by atoms with Crippen molar-refractivity contribution in [3.8, 4) is 0 Å². The van der Waals surface area contributed by atoms with Crippen LogP contribution in [0.4, 0.5) is 0 Å². The van der Waals surface area contributed by atoms with Crippen molar-refractivity contribution in [2.75, 3.05) is 13.1 Å². The van der Waals surface area contributed by atoms with Crippen molar-refractivity contribution < 1.29 is 14.7 Å². The predicted octanol–water partition coefficient (Wildman–Crippen LogP) is 2.79. The molecule has 23 heavy (non-hydrogen) atoms. The van der Waals surface area contributed by atoms with Crippen molar-refractivity contribution in [2.24, 2.45) is 5.92 Å². The molecular formula is C18H20N2O3. The number of benzene rings is 1. The Labute approximate surface area is 134 Å². The number of aliphatic carboxylic acids is 1. The Balaban J connectivity index is 1.92. The summed E-state index contributed by atoms with van der Waals surface area (Å²) in [4.78, 5) is 30.2. The second kappa shape index (κ2) is 5.99. The van der Waals surface area contributed by atoms with Crippen LogP contribution in [0.15, 0.2) is 24.3 Å². The molecule has 0 bridgehead atoms. The van der Waals surface area contributed by atoms with Gasteiger partial charge in [0.05, 0.1) is 22.7 Å². The molecule has 1 amide bonds. The van der Waals surface area contributed by atoms with Crippen LogP contribution in [0.2, 0.25) is 0 Å². The summed E-state index contributed by atoms with van der Waals surface area (Å²) in [5, 5.41) is 10.1. The molecular weight excluding hydrogens is 292 g/mol. The van der Waals surface area contributed by atoms with Crippen LogP contribution in [0.1, 0.15) is 34.5 Å². The van der Waals surface area contributed by atoms with Crippen molar-refractivity contribution in [1.82, 2.24) is 9.88 Å². The van der Waals surface area contributed by atoms with E-state index in [9.17, 15) is 14.7 Å².